The highest BCUT2D eigenvalue weighted by Gasteiger charge is 2.26. The third-order valence-corrected chi connectivity index (χ3v) is 7.10. The Morgan fingerprint density at radius 1 is 0.730 bits per heavy atom. The summed E-state index contributed by atoms with van der Waals surface area (Å²) in [5, 5.41) is 30.7. The summed E-state index contributed by atoms with van der Waals surface area (Å²) in [6.45, 7) is -0.376. The molecule has 0 aliphatic rings. The summed E-state index contributed by atoms with van der Waals surface area (Å²) in [5.74, 6) is 0.858. The third-order valence-electron chi connectivity index (χ3n) is 5.49. The van der Waals surface area contributed by atoms with E-state index in [2.05, 4.69) is 5.32 Å². The summed E-state index contributed by atoms with van der Waals surface area (Å²) in [6.07, 6.45) is -0.573. The van der Waals surface area contributed by atoms with Gasteiger partial charge in [-0.25, -0.2) is 0 Å². The average molecular weight is 563 g/mol. The fourth-order valence-corrected chi connectivity index (χ4v) is 4.41. The molecule has 0 aromatic heterocycles. The molecule has 0 atom stereocenters. The Kier molecular flexibility index (Phi) is 12.4. The molecule has 0 saturated heterocycles. The minimum Gasteiger partial charge on any atom is -0.457 e. The van der Waals surface area contributed by atoms with Crippen molar-refractivity contribution in [1.29, 1.82) is 0 Å². The minimum atomic E-state index is -4.22. The van der Waals surface area contributed by atoms with Gasteiger partial charge in [0.15, 0.2) is 0 Å². The first-order valence-corrected chi connectivity index (χ1v) is 15.1. The Morgan fingerprint density at radius 2 is 1.24 bits per heavy atom. The van der Waals surface area contributed by atoms with Crippen molar-refractivity contribution >= 4 is 15.2 Å². The van der Waals surface area contributed by atoms with Crippen molar-refractivity contribution in [1.82, 2.24) is 5.32 Å². The van der Waals surface area contributed by atoms with Crippen LogP contribution in [0.4, 0.5) is 0 Å². The monoisotopic (exact) mass is 563 g/mol. The molecule has 37 heavy (non-hydrogen) atoms. The summed E-state index contributed by atoms with van der Waals surface area (Å²) in [4.78, 5) is 36.7. The fraction of sp³-hybridized carbons (Fsp3) is 0.478. The minimum absolute atomic E-state index is 0.0750. The number of aliphatic hydroxyl groups excluding tert-OH is 3. The first-order chi connectivity index (χ1) is 17.4. The maximum atomic E-state index is 11.3. The summed E-state index contributed by atoms with van der Waals surface area (Å²) in [7, 11) is -8.44. The van der Waals surface area contributed by atoms with Crippen LogP contribution in [-0.4, -0.2) is 85.7 Å². The molecule has 14 heteroatoms. The van der Waals surface area contributed by atoms with Crippen LogP contribution in [0.5, 0.6) is 11.5 Å². The summed E-state index contributed by atoms with van der Waals surface area (Å²) < 4.78 is 34.0. The van der Waals surface area contributed by atoms with Gasteiger partial charge in [0, 0.05) is 6.54 Å². The van der Waals surface area contributed by atoms with Gasteiger partial charge in [0.2, 0.25) is 0 Å². The van der Waals surface area contributed by atoms with Crippen LogP contribution in [0, 0.1) is 0 Å². The molecule has 208 valence electrons. The molecular weight excluding hydrogens is 528 g/mol. The van der Waals surface area contributed by atoms with Crippen LogP contribution in [-0.2, 0) is 33.3 Å². The van der Waals surface area contributed by atoms with Crippen LogP contribution in [0.15, 0.2) is 42.5 Å². The second-order valence-corrected chi connectivity index (χ2v) is 12.3. The van der Waals surface area contributed by atoms with Gasteiger partial charge in [0.25, 0.3) is 0 Å². The lowest BCUT2D eigenvalue weighted by atomic mass is 10.0. The van der Waals surface area contributed by atoms with Crippen molar-refractivity contribution in [2.45, 2.75) is 25.0 Å². The fourth-order valence-electron chi connectivity index (χ4n) is 3.31. The molecule has 12 nitrogen and oxygen atoms in total. The molecule has 0 spiro atoms. The third kappa shape index (κ3) is 12.2. The van der Waals surface area contributed by atoms with Gasteiger partial charge in [0.05, 0.1) is 50.9 Å². The maximum Gasteiger partial charge on any atom is 0.325 e. The molecule has 8 N–H and O–H groups in total. The van der Waals surface area contributed by atoms with Gasteiger partial charge in [-0.2, -0.15) is 0 Å². The van der Waals surface area contributed by atoms with Crippen molar-refractivity contribution in [3.8, 4) is 11.5 Å². The summed E-state index contributed by atoms with van der Waals surface area (Å²) in [6, 6.07) is 11.9. The number of aryl methyl sites for hydroxylation is 2. The van der Waals surface area contributed by atoms with Gasteiger partial charge in [-0.3, -0.25) is 9.13 Å². The largest absolute Gasteiger partial charge is 0.457 e. The quantitative estimate of drug-likeness (QED) is 0.0991. The Balaban J connectivity index is 1.98. The number of hydrogen-bond donors (Lipinski definition) is 8. The van der Waals surface area contributed by atoms with Crippen molar-refractivity contribution in [2.24, 2.45) is 0 Å². The molecule has 0 saturated carbocycles. The van der Waals surface area contributed by atoms with E-state index in [0.29, 0.717) is 29.2 Å². The molecule has 0 heterocycles. The van der Waals surface area contributed by atoms with E-state index in [0.717, 1.165) is 5.56 Å². The highest BCUT2D eigenvalue weighted by Crippen LogP contribution is 2.37. The Hall–Kier alpha value is -1.66. The summed E-state index contributed by atoms with van der Waals surface area (Å²) >= 11 is 0. The standard InChI is InChI=1S/C23H35NO11P2/c25-15-23(16-26,17-27)24-7-8-34-14-18-1-3-21(4-2-18)35-22-12-19(5-9-36(28,29)30)11-20(13-22)6-10-37(31,32)33/h1-4,11-13,24-27H,5-10,14-17H2,(H2,28,29,30)(H2,31,32,33). The zero-order valence-electron chi connectivity index (χ0n) is 20.3. The molecule has 2 rings (SSSR count). The first-order valence-electron chi connectivity index (χ1n) is 11.5. The number of aliphatic hydroxyl groups is 3. The predicted octanol–water partition coefficient (Wildman–Crippen LogP) is 0.741. The number of nitrogens with one attached hydrogen (secondary N) is 1. The number of ether oxygens (including phenoxy) is 2. The van der Waals surface area contributed by atoms with Crippen LogP contribution in [0.2, 0.25) is 0 Å². The lowest BCUT2D eigenvalue weighted by Crippen LogP contribution is -2.55. The molecule has 2 aromatic carbocycles. The Labute approximate surface area is 215 Å². The SMILES string of the molecule is O=P(O)(O)CCc1cc(CCP(=O)(O)O)cc(Oc2ccc(COCCNC(CO)(CO)CO)cc2)c1. The number of hydrogen-bond acceptors (Lipinski definition) is 8. The molecule has 0 unspecified atom stereocenters. The average Bonchev–Trinajstić information content (AvgIpc) is 2.84. The lowest BCUT2D eigenvalue weighted by molar-refractivity contribution is 0.0333. The molecule has 0 bridgehead atoms. The van der Waals surface area contributed by atoms with Crippen LogP contribution in [0.1, 0.15) is 16.7 Å². The highest BCUT2D eigenvalue weighted by atomic mass is 31.2. The van der Waals surface area contributed by atoms with Gasteiger partial charge in [0.1, 0.15) is 11.5 Å². The maximum absolute atomic E-state index is 11.3. The van der Waals surface area contributed by atoms with Gasteiger partial charge in [-0.05, 0) is 53.8 Å². The van der Waals surface area contributed by atoms with E-state index in [1.165, 1.54) is 0 Å². The topological polar surface area (TPSA) is 206 Å². The van der Waals surface area contributed by atoms with E-state index in [9.17, 15) is 44.0 Å². The molecule has 0 aliphatic heterocycles. The van der Waals surface area contributed by atoms with Crippen molar-refractivity contribution in [2.75, 3.05) is 45.3 Å². The van der Waals surface area contributed by atoms with Crippen molar-refractivity contribution < 1.29 is 53.5 Å². The normalized spacial score (nSPS) is 12.6. The predicted molar refractivity (Wildman–Crippen MR) is 136 cm³/mol. The smallest absolute Gasteiger partial charge is 0.325 e. The van der Waals surface area contributed by atoms with Crippen molar-refractivity contribution in [3.63, 3.8) is 0 Å². The zero-order chi connectivity index (χ0) is 27.5. The lowest BCUT2D eigenvalue weighted by Gasteiger charge is -2.28. The van der Waals surface area contributed by atoms with Crippen LogP contribution >= 0.6 is 15.2 Å². The van der Waals surface area contributed by atoms with Gasteiger partial charge >= 0.3 is 15.2 Å². The molecular formula is C23H35NO11P2. The zero-order valence-corrected chi connectivity index (χ0v) is 22.1. The first kappa shape index (κ1) is 31.6. The van der Waals surface area contributed by atoms with Gasteiger partial charge in [-0.1, -0.05) is 18.2 Å². The summed E-state index contributed by atoms with van der Waals surface area (Å²) in [5.41, 5.74) is 0.842. The second-order valence-electron chi connectivity index (χ2n) is 8.74. The van der Waals surface area contributed by atoms with Gasteiger partial charge in [-0.15, -0.1) is 0 Å². The molecule has 0 radical (unpaired) electrons. The Morgan fingerprint density at radius 3 is 1.70 bits per heavy atom. The van der Waals surface area contributed by atoms with Crippen LogP contribution in [0.25, 0.3) is 0 Å². The van der Waals surface area contributed by atoms with E-state index in [1.54, 1.807) is 42.5 Å². The van der Waals surface area contributed by atoms with Crippen LogP contribution in [0.3, 0.4) is 0 Å². The van der Waals surface area contributed by atoms with Crippen LogP contribution < -0.4 is 10.1 Å². The van der Waals surface area contributed by atoms with Gasteiger partial charge < -0.3 is 49.7 Å². The van der Waals surface area contributed by atoms with Crippen molar-refractivity contribution in [3.05, 3.63) is 59.2 Å². The number of benzene rings is 2. The van der Waals surface area contributed by atoms with E-state index >= 15 is 0 Å². The van der Waals surface area contributed by atoms with E-state index < -0.39 is 40.6 Å². The molecule has 0 aliphatic carbocycles. The number of rotatable bonds is 17. The highest BCUT2D eigenvalue weighted by molar-refractivity contribution is 7.52. The molecule has 2 aromatic rings. The van der Waals surface area contributed by atoms with E-state index in [4.69, 9.17) is 9.47 Å². The molecule has 0 amide bonds. The van der Waals surface area contributed by atoms with E-state index in [1.807, 2.05) is 0 Å². The Bertz CT molecular complexity index is 1010. The van der Waals surface area contributed by atoms with E-state index in [-0.39, 0.29) is 38.4 Å². The molecule has 0 fully saturated rings. The second kappa shape index (κ2) is 14.5.